The zero-order valence-corrected chi connectivity index (χ0v) is 25.5. The molecule has 0 bridgehead atoms. The van der Waals surface area contributed by atoms with Crippen LogP contribution in [-0.4, -0.2) is 147 Å². The molecule has 6 atom stereocenters. The maximum absolute atomic E-state index is 10.2. The molecule has 0 aromatic rings. The van der Waals surface area contributed by atoms with Crippen molar-refractivity contribution in [2.45, 2.75) is 63.1 Å². The van der Waals surface area contributed by atoms with Crippen LogP contribution in [-0.2, 0) is 33.3 Å². The zero-order valence-electron chi connectivity index (χ0n) is 25.5. The normalized spacial score (nSPS) is 25.2. The minimum atomic E-state index is -1.17. The van der Waals surface area contributed by atoms with E-state index < -0.39 is 67.0 Å². The Hall–Kier alpha value is -4.60. The van der Waals surface area contributed by atoms with Gasteiger partial charge in [-0.25, -0.2) is 4.99 Å². The molecule has 1 fully saturated rings. The lowest BCUT2D eigenvalue weighted by molar-refractivity contribution is -0.251. The first-order chi connectivity index (χ1) is 21.7. The Morgan fingerprint density at radius 2 is 1.65 bits per heavy atom. The SMILES string of the molecule is C/C=C(O)/C=C(\O)OC.COC(=O)C/C(O)=C/O.COC(=O)CC(=O)CO.NC1N=CN=C2C1N=CN2C1OC(O)CC(O)C1O. The molecule has 3 rings (SSSR count). The van der Waals surface area contributed by atoms with Crippen LogP contribution in [0.15, 0.2) is 50.9 Å². The number of aliphatic hydroxyl groups excluding tert-OH is 8. The zero-order chi connectivity index (χ0) is 35.4. The molecule has 6 unspecified atom stereocenters. The molecule has 0 aromatic carbocycles. The molecule has 0 spiro atoms. The number of fused-ring (bicyclic) bond motifs is 1. The summed E-state index contributed by atoms with van der Waals surface area (Å²) in [6, 6.07) is -0.433. The number of methoxy groups -OCH3 is 3. The van der Waals surface area contributed by atoms with E-state index in [-0.39, 0.29) is 31.0 Å². The van der Waals surface area contributed by atoms with E-state index in [1.165, 1.54) is 45.0 Å². The summed E-state index contributed by atoms with van der Waals surface area (Å²) in [6.45, 7) is 1.05. The van der Waals surface area contributed by atoms with E-state index in [9.17, 15) is 29.7 Å². The standard InChI is InChI=1S/C10H15N5O4.C6H10O3.2C5H8O4/c11-8-6-9(13-2-12-8)15(3-14-6)10-7(18)4(16)1-5(17)19-10;1-3-5(7)4-6(8)9-2;2*1-9-5(8)2-4(7)3-6/h2-8,10,16-18H,1,11H2;3-4,7-8H,1-2H3;6H,2-3H2,1H3;3,6-7H,2H2,1H3/b;5-3-,6-4+;;4-3-. The van der Waals surface area contributed by atoms with Crippen molar-refractivity contribution in [3.05, 3.63) is 35.9 Å². The summed E-state index contributed by atoms with van der Waals surface area (Å²) in [4.78, 5) is 44.3. The lowest BCUT2D eigenvalue weighted by atomic mass is 10.0. The van der Waals surface area contributed by atoms with Crippen LogP contribution in [0.3, 0.4) is 0 Å². The molecule has 46 heavy (non-hydrogen) atoms. The second-order valence-electron chi connectivity index (χ2n) is 8.86. The van der Waals surface area contributed by atoms with Gasteiger partial charge in [-0.1, -0.05) is 0 Å². The molecular formula is C26H41N5O15. The topological polar surface area (TPSA) is 316 Å². The predicted octanol–water partition coefficient (Wildman–Crippen LogP) is -1.68. The highest BCUT2D eigenvalue weighted by atomic mass is 16.6. The van der Waals surface area contributed by atoms with Crippen molar-refractivity contribution < 1.29 is 74.2 Å². The van der Waals surface area contributed by atoms with Gasteiger partial charge in [-0.05, 0) is 13.0 Å². The molecule has 10 N–H and O–H groups in total. The lowest BCUT2D eigenvalue weighted by Crippen LogP contribution is -2.58. The molecule has 1 saturated heterocycles. The number of hydrogen-bond donors (Lipinski definition) is 9. The van der Waals surface area contributed by atoms with Crippen molar-refractivity contribution in [3.8, 4) is 0 Å². The Bertz CT molecular complexity index is 1160. The number of ketones is 1. The van der Waals surface area contributed by atoms with Crippen molar-refractivity contribution in [3.63, 3.8) is 0 Å². The summed E-state index contributed by atoms with van der Waals surface area (Å²) in [6.07, 6.45) is 0.193. The van der Waals surface area contributed by atoms with E-state index in [1.54, 1.807) is 6.92 Å². The highest BCUT2D eigenvalue weighted by Gasteiger charge is 2.44. The minimum absolute atomic E-state index is 0.0191. The van der Waals surface area contributed by atoms with Crippen molar-refractivity contribution in [2.24, 2.45) is 20.7 Å². The molecule has 20 nitrogen and oxygen atoms in total. The largest absolute Gasteiger partial charge is 0.512 e. The van der Waals surface area contributed by atoms with Gasteiger partial charge >= 0.3 is 11.9 Å². The van der Waals surface area contributed by atoms with Crippen LogP contribution in [0.2, 0.25) is 0 Å². The number of hydrogen-bond acceptors (Lipinski definition) is 20. The van der Waals surface area contributed by atoms with Gasteiger partial charge in [0.05, 0.1) is 39.8 Å². The average molecular weight is 664 g/mol. The number of rotatable bonds is 8. The Morgan fingerprint density at radius 3 is 2.17 bits per heavy atom. The second-order valence-corrected chi connectivity index (χ2v) is 8.86. The fourth-order valence-electron chi connectivity index (χ4n) is 3.14. The molecule has 0 amide bonds. The van der Waals surface area contributed by atoms with Gasteiger partial charge in [0.15, 0.2) is 18.3 Å². The van der Waals surface area contributed by atoms with Gasteiger partial charge < -0.3 is 65.5 Å². The fraction of sp³-hybridized carbons (Fsp3) is 0.538. The van der Waals surface area contributed by atoms with E-state index in [1.807, 2.05) is 0 Å². The third-order valence-electron chi connectivity index (χ3n) is 5.56. The van der Waals surface area contributed by atoms with Gasteiger partial charge in [-0.3, -0.25) is 29.3 Å². The fourth-order valence-corrected chi connectivity index (χ4v) is 3.14. The number of amidine groups is 1. The number of aliphatic hydroxyl groups is 8. The maximum Gasteiger partial charge on any atom is 0.313 e. The van der Waals surface area contributed by atoms with Crippen LogP contribution in [0, 0.1) is 0 Å². The van der Waals surface area contributed by atoms with E-state index >= 15 is 0 Å². The maximum atomic E-state index is 10.2. The molecule has 3 aliphatic heterocycles. The van der Waals surface area contributed by atoms with Crippen LogP contribution < -0.4 is 5.73 Å². The number of carbonyl (C=O) groups excluding carboxylic acids is 3. The van der Waals surface area contributed by atoms with Crippen molar-refractivity contribution >= 4 is 36.2 Å². The molecule has 3 heterocycles. The van der Waals surface area contributed by atoms with Gasteiger partial charge in [-0.15, -0.1) is 0 Å². The number of nitrogens with two attached hydrogens (primary N) is 1. The van der Waals surface area contributed by atoms with Gasteiger partial charge in [0.25, 0.3) is 5.95 Å². The number of carbonyl (C=O) groups is 3. The molecule has 0 saturated carbocycles. The number of esters is 2. The van der Waals surface area contributed by atoms with E-state index in [2.05, 4.69) is 29.2 Å². The Kier molecular flexibility index (Phi) is 19.8. The molecular weight excluding hydrogens is 622 g/mol. The molecule has 0 aromatic heterocycles. The third-order valence-corrected chi connectivity index (χ3v) is 5.56. The van der Waals surface area contributed by atoms with Crippen molar-refractivity contribution in [2.75, 3.05) is 27.9 Å². The lowest BCUT2D eigenvalue weighted by Gasteiger charge is -2.39. The molecule has 20 heteroatoms. The summed E-state index contributed by atoms with van der Waals surface area (Å²) in [5.74, 6) is -1.97. The Labute approximate surface area is 263 Å². The number of aliphatic imine (C=N–C) groups is 3. The van der Waals surface area contributed by atoms with Crippen LogP contribution >= 0.6 is 0 Å². The number of ether oxygens (including phenoxy) is 4. The van der Waals surface area contributed by atoms with E-state index in [0.717, 1.165) is 6.08 Å². The highest BCUT2D eigenvalue weighted by Crippen LogP contribution is 2.25. The van der Waals surface area contributed by atoms with Gasteiger partial charge in [0.2, 0.25) is 0 Å². The average Bonchev–Trinajstić information content (AvgIpc) is 3.48. The smallest absolute Gasteiger partial charge is 0.313 e. The summed E-state index contributed by atoms with van der Waals surface area (Å²) < 4.78 is 17.9. The quantitative estimate of drug-likeness (QED) is 0.0606. The van der Waals surface area contributed by atoms with Gasteiger partial charge in [0.1, 0.15) is 67.7 Å². The predicted molar refractivity (Wildman–Crippen MR) is 158 cm³/mol. The second kappa shape index (κ2) is 22.0. The molecule has 0 radical (unpaired) electrons. The van der Waals surface area contributed by atoms with Crippen LogP contribution in [0.4, 0.5) is 0 Å². The molecule has 0 aliphatic carbocycles. The van der Waals surface area contributed by atoms with E-state index in [0.29, 0.717) is 12.1 Å². The summed E-state index contributed by atoms with van der Waals surface area (Å²) in [7, 11) is 3.70. The summed E-state index contributed by atoms with van der Waals surface area (Å²) >= 11 is 0. The van der Waals surface area contributed by atoms with Crippen LogP contribution in [0.5, 0.6) is 0 Å². The Morgan fingerprint density at radius 1 is 1.04 bits per heavy atom. The van der Waals surface area contributed by atoms with E-state index in [4.69, 9.17) is 36.0 Å². The Balaban J connectivity index is 0.000000642. The summed E-state index contributed by atoms with van der Waals surface area (Å²) in [5, 5.41) is 71.1. The first-order valence-electron chi connectivity index (χ1n) is 13.1. The van der Waals surface area contributed by atoms with Crippen LogP contribution in [0.25, 0.3) is 0 Å². The van der Waals surface area contributed by atoms with Crippen LogP contribution in [0.1, 0.15) is 26.2 Å². The first kappa shape index (κ1) is 41.4. The first-order valence-corrected chi connectivity index (χ1v) is 13.1. The van der Waals surface area contributed by atoms with Gasteiger partial charge in [-0.2, -0.15) is 0 Å². The monoisotopic (exact) mass is 663 g/mol. The number of Topliss-reactive ketones (excluding diaryl/α,β-unsaturated/α-hetero) is 1. The molecule has 3 aliphatic rings. The summed E-state index contributed by atoms with van der Waals surface area (Å²) in [5.41, 5.74) is 5.78. The van der Waals surface area contributed by atoms with Crippen molar-refractivity contribution in [1.82, 2.24) is 4.90 Å². The number of nitrogens with zero attached hydrogens (tertiary/aromatic N) is 4. The number of allylic oxidation sites excluding steroid dienone is 2. The minimum Gasteiger partial charge on any atom is -0.512 e. The highest BCUT2D eigenvalue weighted by molar-refractivity contribution is 6.05. The van der Waals surface area contributed by atoms with Crippen molar-refractivity contribution in [1.29, 1.82) is 0 Å². The van der Waals surface area contributed by atoms with Gasteiger partial charge in [0, 0.05) is 6.42 Å². The third kappa shape index (κ3) is 14.9. The molecule has 260 valence electrons.